The molecule has 4 atom stereocenters. The van der Waals surface area contributed by atoms with E-state index in [0.717, 1.165) is 16.7 Å². The number of primary amides is 1. The van der Waals surface area contributed by atoms with E-state index in [1.807, 2.05) is 72.8 Å². The monoisotopic (exact) mass is 604 g/mol. The second-order valence-electron chi connectivity index (χ2n) is 10.5. The van der Waals surface area contributed by atoms with E-state index < -0.39 is 43.1 Å². The van der Waals surface area contributed by atoms with Gasteiger partial charge in [-0.05, 0) is 36.1 Å². The summed E-state index contributed by atoms with van der Waals surface area (Å²) in [5.74, 6) is -2.47. The molecule has 0 saturated heterocycles. The molecule has 1 aromatic heterocycles. The highest BCUT2D eigenvalue weighted by atomic mass is 31.2. The predicted molar refractivity (Wildman–Crippen MR) is 164 cm³/mol. The highest BCUT2D eigenvalue weighted by Gasteiger charge is 2.36. The molecule has 11 heteroatoms. The van der Waals surface area contributed by atoms with Gasteiger partial charge >= 0.3 is 0 Å². The first-order chi connectivity index (χ1) is 20.6. The molecule has 6 N–H and O–H groups in total. The third kappa shape index (κ3) is 9.12. The Bertz CT molecular complexity index is 1550. The molecule has 1 heterocycles. The van der Waals surface area contributed by atoms with Crippen molar-refractivity contribution in [3.05, 3.63) is 108 Å². The molecule has 2 amide bonds. The Hall–Kier alpha value is -4.24. The maximum atomic E-state index is 13.6. The zero-order valence-electron chi connectivity index (χ0n) is 24.0. The maximum Gasteiger partial charge on any atom is 0.240 e. The molecule has 0 radical (unpaired) electrons. The largest absolute Gasteiger partial charge is 0.497 e. The molecule has 4 rings (SSSR count). The van der Waals surface area contributed by atoms with Gasteiger partial charge in [-0.1, -0.05) is 78.0 Å². The van der Waals surface area contributed by atoms with Crippen molar-refractivity contribution < 1.29 is 28.3 Å². The van der Waals surface area contributed by atoms with Crippen LogP contribution < -0.4 is 21.5 Å². The summed E-state index contributed by atoms with van der Waals surface area (Å²) in [6.07, 6.45) is 0.475. The summed E-state index contributed by atoms with van der Waals surface area (Å²) >= 11 is 0. The van der Waals surface area contributed by atoms with Crippen LogP contribution in [0.5, 0.6) is 5.75 Å². The Balaban J connectivity index is 1.54. The molecule has 0 bridgehead atoms. The summed E-state index contributed by atoms with van der Waals surface area (Å²) in [6, 6.07) is 26.5. The van der Waals surface area contributed by atoms with E-state index in [1.54, 1.807) is 25.3 Å². The minimum absolute atomic E-state index is 0.0461. The van der Waals surface area contributed by atoms with Crippen molar-refractivity contribution in [1.29, 1.82) is 0 Å². The summed E-state index contributed by atoms with van der Waals surface area (Å²) in [7, 11) is -2.48. The molecule has 0 aliphatic rings. The molecule has 4 aromatic rings. The summed E-state index contributed by atoms with van der Waals surface area (Å²) in [6.45, 7) is 0. The number of nitrogens with two attached hydrogens (primary N) is 2. The quantitative estimate of drug-likeness (QED) is 0.148. The van der Waals surface area contributed by atoms with Gasteiger partial charge < -0.3 is 30.9 Å². The normalized spacial score (nSPS) is 14.7. The van der Waals surface area contributed by atoms with Crippen LogP contribution in [-0.4, -0.2) is 47.0 Å². The van der Waals surface area contributed by atoms with Crippen molar-refractivity contribution in [3.63, 3.8) is 0 Å². The van der Waals surface area contributed by atoms with Crippen molar-refractivity contribution in [2.75, 3.05) is 13.3 Å². The van der Waals surface area contributed by atoms with Gasteiger partial charge in [0.15, 0.2) is 0 Å². The molecule has 1 unspecified atom stereocenters. The number of hydrogen-bond donors (Lipinski definition) is 4. The lowest BCUT2D eigenvalue weighted by atomic mass is 10.0. The van der Waals surface area contributed by atoms with Gasteiger partial charge in [-0.3, -0.25) is 14.2 Å². The van der Waals surface area contributed by atoms with E-state index in [-0.39, 0.29) is 19.3 Å². The lowest BCUT2D eigenvalue weighted by Gasteiger charge is -2.25. The third-order valence-corrected chi connectivity index (χ3v) is 9.52. The summed E-state index contributed by atoms with van der Waals surface area (Å²) in [5.41, 5.74) is 14.9. The topological polar surface area (TPSA) is 171 Å². The van der Waals surface area contributed by atoms with E-state index in [1.165, 1.54) is 0 Å². The van der Waals surface area contributed by atoms with Gasteiger partial charge in [0, 0.05) is 30.6 Å². The average molecular weight is 605 g/mol. The Morgan fingerprint density at radius 1 is 0.977 bits per heavy atom. The SMILES string of the molecule is COc1cccc(-c2cc(C[C@H](CP(=O)(O)[C@@H](N)CCc3ccccc3)C(=O)N[C@@H](Cc3ccccc3)C(N)=O)on2)c1. The van der Waals surface area contributed by atoms with Crippen LogP contribution in [0.3, 0.4) is 0 Å². The number of carbonyl (C=O) groups is 2. The van der Waals surface area contributed by atoms with Crippen LogP contribution in [0.15, 0.2) is 95.5 Å². The van der Waals surface area contributed by atoms with Gasteiger partial charge in [-0.25, -0.2) is 0 Å². The molecule has 0 spiro atoms. The Morgan fingerprint density at radius 3 is 2.30 bits per heavy atom. The van der Waals surface area contributed by atoms with Crippen molar-refractivity contribution in [2.24, 2.45) is 17.4 Å². The molecule has 0 aliphatic heterocycles. The van der Waals surface area contributed by atoms with E-state index in [0.29, 0.717) is 23.6 Å². The summed E-state index contributed by atoms with van der Waals surface area (Å²) in [4.78, 5) is 37.0. The molecule has 0 saturated carbocycles. The number of carbonyl (C=O) groups excluding carboxylic acids is 2. The van der Waals surface area contributed by atoms with E-state index in [9.17, 15) is 19.0 Å². The number of rotatable bonds is 15. The smallest absolute Gasteiger partial charge is 0.240 e. The van der Waals surface area contributed by atoms with Crippen LogP contribution in [-0.2, 0) is 33.4 Å². The van der Waals surface area contributed by atoms with Crippen molar-refractivity contribution in [3.8, 4) is 17.0 Å². The molecular weight excluding hydrogens is 567 g/mol. The van der Waals surface area contributed by atoms with E-state index >= 15 is 0 Å². The van der Waals surface area contributed by atoms with Gasteiger partial charge in [0.25, 0.3) is 0 Å². The van der Waals surface area contributed by atoms with E-state index in [2.05, 4.69) is 10.5 Å². The molecular formula is C32H37N4O6P. The fourth-order valence-electron chi connectivity index (χ4n) is 4.78. The molecule has 0 aliphatic carbocycles. The Labute approximate surface area is 250 Å². The first-order valence-corrected chi connectivity index (χ1v) is 15.9. The molecule has 43 heavy (non-hydrogen) atoms. The standard InChI is InChI=1S/C32H37N4O6P/c1-41-26-14-8-13-24(18-26)28-20-27(42-36-28)19-25(21-43(39,40)30(33)16-15-22-9-4-2-5-10-22)32(38)35-29(31(34)37)17-23-11-6-3-7-12-23/h2-14,18,20,25,29-30H,15-17,19,21,33H2,1H3,(H2,34,37)(H,35,38)(H,39,40)/t25-,29+,30-/m1/s1. The van der Waals surface area contributed by atoms with Crippen molar-refractivity contribution in [2.45, 2.75) is 37.5 Å². The van der Waals surface area contributed by atoms with Gasteiger partial charge in [0.05, 0.1) is 18.8 Å². The molecule has 3 aromatic carbocycles. The van der Waals surface area contributed by atoms with Crippen LogP contribution in [0.4, 0.5) is 0 Å². The second-order valence-corrected chi connectivity index (χ2v) is 13.0. The zero-order chi connectivity index (χ0) is 30.8. The Morgan fingerprint density at radius 2 is 1.65 bits per heavy atom. The summed E-state index contributed by atoms with van der Waals surface area (Å²) < 4.78 is 24.4. The minimum Gasteiger partial charge on any atom is -0.497 e. The minimum atomic E-state index is -4.04. The fraction of sp³-hybridized carbons (Fsp3) is 0.281. The van der Waals surface area contributed by atoms with E-state index in [4.69, 9.17) is 20.7 Å². The second kappa shape index (κ2) is 14.8. The van der Waals surface area contributed by atoms with Crippen LogP contribution in [0.25, 0.3) is 11.3 Å². The van der Waals surface area contributed by atoms with Crippen molar-refractivity contribution >= 4 is 19.2 Å². The number of aryl methyl sites for hydroxylation is 1. The number of ether oxygens (including phenoxy) is 1. The first kappa shape index (κ1) is 31.7. The fourth-order valence-corrected chi connectivity index (χ4v) is 6.51. The highest BCUT2D eigenvalue weighted by Crippen LogP contribution is 2.48. The number of hydrogen-bond acceptors (Lipinski definition) is 7. The van der Waals surface area contributed by atoms with Gasteiger partial charge in [-0.2, -0.15) is 0 Å². The van der Waals surface area contributed by atoms with Crippen LogP contribution >= 0.6 is 7.37 Å². The Kier molecular flexibility index (Phi) is 10.9. The van der Waals surface area contributed by atoms with Crippen LogP contribution in [0.1, 0.15) is 23.3 Å². The summed E-state index contributed by atoms with van der Waals surface area (Å²) in [5, 5.41) is 6.81. The van der Waals surface area contributed by atoms with Crippen LogP contribution in [0, 0.1) is 5.92 Å². The molecule has 226 valence electrons. The number of nitrogens with zero attached hydrogens (tertiary/aromatic N) is 1. The molecule has 0 fully saturated rings. The lowest BCUT2D eigenvalue weighted by Crippen LogP contribution is -2.49. The number of aromatic nitrogens is 1. The zero-order valence-corrected chi connectivity index (χ0v) is 24.9. The van der Waals surface area contributed by atoms with Crippen LogP contribution in [0.2, 0.25) is 0 Å². The average Bonchev–Trinajstić information content (AvgIpc) is 3.48. The van der Waals surface area contributed by atoms with Gasteiger partial charge in [0.2, 0.25) is 19.2 Å². The number of nitrogens with one attached hydrogen (secondary N) is 1. The van der Waals surface area contributed by atoms with Crippen molar-refractivity contribution in [1.82, 2.24) is 10.5 Å². The first-order valence-electron chi connectivity index (χ1n) is 14.0. The third-order valence-electron chi connectivity index (χ3n) is 7.26. The number of methoxy groups -OCH3 is 1. The predicted octanol–water partition coefficient (Wildman–Crippen LogP) is 3.91. The number of benzene rings is 3. The highest BCUT2D eigenvalue weighted by molar-refractivity contribution is 7.58. The maximum absolute atomic E-state index is 13.6. The van der Waals surface area contributed by atoms with Gasteiger partial charge in [0.1, 0.15) is 23.2 Å². The number of amides is 2. The lowest BCUT2D eigenvalue weighted by molar-refractivity contribution is -0.129. The molecule has 10 nitrogen and oxygen atoms in total. The van der Waals surface area contributed by atoms with Gasteiger partial charge in [-0.15, -0.1) is 0 Å².